The normalized spacial score (nSPS) is 24.5. The summed E-state index contributed by atoms with van der Waals surface area (Å²) in [6, 6.07) is 19.4. The molecule has 3 saturated heterocycles. The predicted molar refractivity (Wildman–Crippen MR) is 159 cm³/mol. The van der Waals surface area contributed by atoms with E-state index in [0.717, 1.165) is 12.8 Å². The summed E-state index contributed by atoms with van der Waals surface area (Å²) in [5.74, 6) is -0.593. The lowest BCUT2D eigenvalue weighted by Crippen LogP contribution is -2.60. The summed E-state index contributed by atoms with van der Waals surface area (Å²) in [7, 11) is -4.36. The van der Waals surface area contributed by atoms with E-state index in [1.807, 2.05) is 60.7 Å². The van der Waals surface area contributed by atoms with Gasteiger partial charge in [-0.2, -0.15) is 0 Å². The van der Waals surface area contributed by atoms with Crippen molar-refractivity contribution in [3.63, 3.8) is 0 Å². The molecule has 2 aromatic rings. The average Bonchev–Trinajstić information content (AvgIpc) is 3.42. The van der Waals surface area contributed by atoms with Crippen molar-refractivity contribution >= 4 is 13.8 Å². The first-order chi connectivity index (χ1) is 19.2. The number of rotatable bonds is 8. The van der Waals surface area contributed by atoms with Gasteiger partial charge in [0.2, 0.25) is 5.60 Å². The van der Waals surface area contributed by atoms with Gasteiger partial charge in [0, 0.05) is 49.7 Å². The molecule has 0 aliphatic carbocycles. The summed E-state index contributed by atoms with van der Waals surface area (Å²) < 4.78 is 40.9. The first kappa shape index (κ1) is 30.4. The van der Waals surface area contributed by atoms with Crippen LogP contribution in [-0.2, 0) is 33.3 Å². The Morgan fingerprint density at radius 1 is 0.732 bits per heavy atom. The highest BCUT2D eigenvalue weighted by atomic mass is 31.2. The van der Waals surface area contributed by atoms with Crippen molar-refractivity contribution in [2.45, 2.75) is 115 Å². The van der Waals surface area contributed by atoms with E-state index in [1.54, 1.807) is 41.5 Å². The van der Waals surface area contributed by atoms with Crippen LogP contribution in [0.25, 0.3) is 0 Å². The zero-order valence-electron chi connectivity index (χ0n) is 25.5. The minimum Gasteiger partial charge on any atom is -0.459 e. The van der Waals surface area contributed by atoms with Crippen LogP contribution in [0.4, 0.5) is 0 Å². The third kappa shape index (κ3) is 6.35. The van der Waals surface area contributed by atoms with E-state index >= 15 is 0 Å². The number of esters is 1. The van der Waals surface area contributed by atoms with Gasteiger partial charge in [0.15, 0.2) is 0 Å². The maximum Gasteiger partial charge on any atom is 0.477 e. The lowest BCUT2D eigenvalue weighted by Gasteiger charge is -2.47. The van der Waals surface area contributed by atoms with E-state index in [2.05, 4.69) is 0 Å². The molecule has 8 heteroatoms. The lowest BCUT2D eigenvalue weighted by atomic mass is 9.86. The first-order valence-electron chi connectivity index (χ1n) is 15.2. The third-order valence-corrected chi connectivity index (χ3v) is 10.7. The number of phosphoric ester groups is 1. The van der Waals surface area contributed by atoms with Crippen LogP contribution in [0.1, 0.15) is 91.2 Å². The molecule has 0 aromatic heterocycles. The number of quaternary nitrogens is 1. The van der Waals surface area contributed by atoms with Crippen molar-refractivity contribution in [1.29, 1.82) is 0 Å². The number of carbonyl (C=O) groups is 1. The number of hydrogen-bond donors (Lipinski definition) is 0. The van der Waals surface area contributed by atoms with E-state index in [-0.39, 0.29) is 6.10 Å². The molecule has 3 fully saturated rings. The van der Waals surface area contributed by atoms with Gasteiger partial charge >= 0.3 is 13.8 Å². The molecule has 2 unspecified atom stereocenters. The van der Waals surface area contributed by atoms with Gasteiger partial charge in [-0.15, -0.1) is 0 Å². The fraction of sp³-hybridized carbons (Fsp3) is 0.606. The van der Waals surface area contributed by atoms with Crippen molar-refractivity contribution in [3.8, 4) is 0 Å². The smallest absolute Gasteiger partial charge is 0.459 e. The fourth-order valence-electron chi connectivity index (χ4n) is 7.33. The van der Waals surface area contributed by atoms with Crippen LogP contribution in [0.2, 0.25) is 0 Å². The molecule has 41 heavy (non-hydrogen) atoms. The maximum atomic E-state index is 14.7. The SMILES string of the molecule is CC(C)(C)OP(=O)(OC(C)(C)C)OC(C(=O)OC1CC2CCC(C1)[N+]21CCCC1)(c1ccccc1)c1ccccc1. The molecule has 1 spiro atoms. The fourth-order valence-corrected chi connectivity index (χ4v) is 9.40. The van der Waals surface area contributed by atoms with E-state index in [4.69, 9.17) is 18.3 Å². The molecule has 3 aliphatic rings. The predicted octanol–water partition coefficient (Wildman–Crippen LogP) is 7.53. The molecule has 2 bridgehead atoms. The highest BCUT2D eigenvalue weighted by Crippen LogP contribution is 2.61. The Balaban J connectivity index is 1.56. The van der Waals surface area contributed by atoms with Crippen molar-refractivity contribution in [3.05, 3.63) is 71.8 Å². The number of carbonyl (C=O) groups excluding carboxylic acids is 1. The second-order valence-electron chi connectivity index (χ2n) is 14.0. The van der Waals surface area contributed by atoms with E-state index in [9.17, 15) is 9.36 Å². The molecular weight excluding hydrogens is 537 g/mol. The number of benzene rings is 2. The molecule has 224 valence electrons. The average molecular weight is 585 g/mol. The first-order valence-corrected chi connectivity index (χ1v) is 16.6. The topological polar surface area (TPSA) is 71.1 Å². The minimum absolute atomic E-state index is 0.230. The van der Waals surface area contributed by atoms with Crippen LogP contribution < -0.4 is 0 Å². The summed E-state index contributed by atoms with van der Waals surface area (Å²) in [5.41, 5.74) is -2.61. The molecule has 0 N–H and O–H groups in total. The summed E-state index contributed by atoms with van der Waals surface area (Å²) in [6.07, 6.45) is 6.40. The Kier molecular flexibility index (Phi) is 8.34. The number of hydrogen-bond acceptors (Lipinski definition) is 6. The monoisotopic (exact) mass is 584 g/mol. The van der Waals surface area contributed by atoms with Crippen molar-refractivity contribution in [2.24, 2.45) is 0 Å². The molecule has 2 aromatic carbocycles. The van der Waals surface area contributed by atoms with E-state index in [0.29, 0.717) is 23.2 Å². The second kappa shape index (κ2) is 11.2. The molecule has 3 aliphatic heterocycles. The van der Waals surface area contributed by atoms with Gasteiger partial charge in [0.05, 0.1) is 36.4 Å². The van der Waals surface area contributed by atoms with Gasteiger partial charge in [0.1, 0.15) is 6.10 Å². The largest absolute Gasteiger partial charge is 0.477 e. The number of phosphoric acid groups is 1. The van der Waals surface area contributed by atoms with Crippen molar-refractivity contribution in [2.75, 3.05) is 13.1 Å². The summed E-state index contributed by atoms with van der Waals surface area (Å²) in [6.45, 7) is 13.2. The van der Waals surface area contributed by atoms with Crippen LogP contribution >= 0.6 is 7.82 Å². The van der Waals surface area contributed by atoms with E-state index in [1.165, 1.54) is 43.3 Å². The zero-order chi connectivity index (χ0) is 29.5. The number of piperidine rings is 1. The van der Waals surface area contributed by atoms with Gasteiger partial charge in [-0.05, 0) is 41.5 Å². The van der Waals surface area contributed by atoms with E-state index < -0.39 is 30.6 Å². The minimum atomic E-state index is -4.36. The van der Waals surface area contributed by atoms with Crippen LogP contribution in [0.5, 0.6) is 0 Å². The summed E-state index contributed by atoms with van der Waals surface area (Å²) in [5, 5.41) is 0. The molecule has 7 nitrogen and oxygen atoms in total. The highest BCUT2D eigenvalue weighted by molar-refractivity contribution is 7.48. The second-order valence-corrected chi connectivity index (χ2v) is 15.4. The number of nitrogens with zero attached hydrogens (tertiary/aromatic N) is 1. The lowest BCUT2D eigenvalue weighted by molar-refractivity contribution is -0.956. The standard InChI is InChI=1S/C33H47NO6P/c1-31(2,3)38-41(36,39-32(4,5)6)40-33(25-15-9-7-10-16-25,26-17-11-8-12-18-26)30(35)37-29-23-27-19-20-28(24-29)34(27)21-13-14-22-34/h7-12,15-18,27-29H,13-14,19-24H2,1-6H3/q+1. The molecule has 5 rings (SSSR count). The number of ether oxygens (including phenoxy) is 1. The van der Waals surface area contributed by atoms with Gasteiger partial charge in [-0.25, -0.2) is 9.36 Å². The third-order valence-electron chi connectivity index (χ3n) is 8.70. The molecule has 0 saturated carbocycles. The Hall–Kier alpha value is -2.02. The molecule has 2 atom stereocenters. The molecule has 3 heterocycles. The Morgan fingerprint density at radius 2 is 1.17 bits per heavy atom. The van der Waals surface area contributed by atoms with Crippen molar-refractivity contribution < 1.29 is 32.2 Å². The molecule has 0 amide bonds. The van der Waals surface area contributed by atoms with Crippen LogP contribution in [0.15, 0.2) is 60.7 Å². The van der Waals surface area contributed by atoms with Crippen LogP contribution in [0.3, 0.4) is 0 Å². The van der Waals surface area contributed by atoms with Crippen molar-refractivity contribution in [1.82, 2.24) is 0 Å². The Morgan fingerprint density at radius 3 is 1.59 bits per heavy atom. The summed E-state index contributed by atoms with van der Waals surface area (Å²) >= 11 is 0. The van der Waals surface area contributed by atoms with Crippen LogP contribution in [0, 0.1) is 0 Å². The highest BCUT2D eigenvalue weighted by Gasteiger charge is 2.58. The maximum absolute atomic E-state index is 14.7. The Labute approximate surface area is 245 Å². The van der Waals surface area contributed by atoms with Gasteiger partial charge < -0.3 is 9.22 Å². The van der Waals surface area contributed by atoms with Gasteiger partial charge in [-0.3, -0.25) is 13.6 Å². The van der Waals surface area contributed by atoms with Crippen LogP contribution in [-0.4, -0.2) is 52.9 Å². The quantitative estimate of drug-likeness (QED) is 0.181. The summed E-state index contributed by atoms with van der Waals surface area (Å²) in [4.78, 5) is 14.7. The molecular formula is C33H47NO6P+. The molecule has 0 radical (unpaired) electrons. The van der Waals surface area contributed by atoms with Gasteiger partial charge in [-0.1, -0.05) is 60.7 Å². The van der Waals surface area contributed by atoms with Gasteiger partial charge in [0.25, 0.3) is 0 Å². The zero-order valence-corrected chi connectivity index (χ0v) is 26.4. The Bertz CT molecular complexity index is 1170.